The Morgan fingerprint density at radius 2 is 1.92 bits per heavy atom. The van der Waals surface area contributed by atoms with Crippen molar-refractivity contribution in [3.05, 3.63) is 41.4 Å². The Bertz CT molecular complexity index is 1120. The molecule has 3 heterocycles. The van der Waals surface area contributed by atoms with E-state index in [-0.39, 0.29) is 29.9 Å². The number of rotatable bonds is 9. The second kappa shape index (κ2) is 11.2. The van der Waals surface area contributed by atoms with Gasteiger partial charge < -0.3 is 25.0 Å². The first-order chi connectivity index (χ1) is 18.6. The van der Waals surface area contributed by atoms with Gasteiger partial charge in [-0.1, -0.05) is 50.4 Å². The summed E-state index contributed by atoms with van der Waals surface area (Å²) in [6.45, 7) is 9.18. The smallest absolute Gasteiger partial charge is 0.246 e. The van der Waals surface area contributed by atoms with Gasteiger partial charge in [-0.25, -0.2) is 0 Å². The molecule has 2 N–H and O–H groups in total. The highest BCUT2D eigenvalue weighted by Crippen LogP contribution is 2.55. The Labute approximate surface area is 235 Å². The Hall–Kier alpha value is -2.42. The van der Waals surface area contributed by atoms with E-state index in [1.165, 1.54) is 0 Å². The van der Waals surface area contributed by atoms with Crippen LogP contribution in [-0.4, -0.2) is 65.7 Å². The molecular weight excluding hydrogens is 518 g/mol. The molecule has 0 unspecified atom stereocenters. The summed E-state index contributed by atoms with van der Waals surface area (Å²) in [6, 6.07) is 6.05. The van der Waals surface area contributed by atoms with Crippen molar-refractivity contribution >= 4 is 35.0 Å². The van der Waals surface area contributed by atoms with Gasteiger partial charge in [-0.3, -0.25) is 14.4 Å². The summed E-state index contributed by atoms with van der Waals surface area (Å²) in [5, 5.41) is 6.78. The molecule has 1 aromatic rings. The summed E-state index contributed by atoms with van der Waals surface area (Å²) in [7, 11) is 0. The first kappa shape index (κ1) is 28.1. The van der Waals surface area contributed by atoms with E-state index in [4.69, 9.17) is 21.1 Å². The Balaban J connectivity index is 1.40. The molecule has 4 aliphatic rings. The van der Waals surface area contributed by atoms with E-state index in [9.17, 15) is 14.4 Å². The summed E-state index contributed by atoms with van der Waals surface area (Å²) in [6.07, 6.45) is 6.93. The van der Waals surface area contributed by atoms with Crippen molar-refractivity contribution in [3.8, 4) is 0 Å². The number of halogens is 1. The first-order valence-electron chi connectivity index (χ1n) is 14.3. The molecule has 5 rings (SSSR count). The van der Waals surface area contributed by atoms with Crippen LogP contribution in [0.2, 0.25) is 5.02 Å². The molecule has 2 bridgehead atoms. The number of carbonyl (C=O) groups is 3. The van der Waals surface area contributed by atoms with Crippen molar-refractivity contribution in [2.24, 2.45) is 23.7 Å². The first-order valence-corrected chi connectivity index (χ1v) is 14.7. The minimum atomic E-state index is -1.17. The Morgan fingerprint density at radius 3 is 2.64 bits per heavy atom. The normalized spacial score (nSPS) is 35.0. The van der Waals surface area contributed by atoms with Crippen LogP contribution in [0, 0.1) is 23.7 Å². The predicted octanol–water partition coefficient (Wildman–Crippen LogP) is 4.19. The molecule has 1 aliphatic carbocycles. The van der Waals surface area contributed by atoms with Gasteiger partial charge in [-0.05, 0) is 62.8 Å². The molecule has 212 valence electrons. The van der Waals surface area contributed by atoms with Gasteiger partial charge in [0.25, 0.3) is 0 Å². The fraction of sp³-hybridized carbons (Fsp3) is 0.633. The van der Waals surface area contributed by atoms with Gasteiger partial charge in [-0.15, -0.1) is 0 Å². The standard InChI is InChI=1S/C30H40ClN3O5/c1-17(2)38-16-6-15-34-26(28(36)33-22-8-5-7-18(3)19(22)4)30-14-13-23(39-30)24(25(30)29(34)37)27(35)32-21-11-9-20(31)10-12-21/h9-14,17-19,22-26H,5-8,15-16H2,1-4H3,(H,32,35)(H,33,36)/t18-,19-,22+,23+,24+,25+,26-,30-/m0/s1. The van der Waals surface area contributed by atoms with Gasteiger partial charge in [0, 0.05) is 29.9 Å². The number of hydrogen-bond donors (Lipinski definition) is 2. The number of hydrogen-bond acceptors (Lipinski definition) is 5. The average Bonchev–Trinajstić information content (AvgIpc) is 3.53. The maximum absolute atomic E-state index is 14.0. The second-order valence-corrected chi connectivity index (χ2v) is 12.3. The zero-order valence-corrected chi connectivity index (χ0v) is 23.9. The maximum Gasteiger partial charge on any atom is 0.246 e. The molecule has 1 aromatic carbocycles. The number of amides is 3. The Morgan fingerprint density at radius 1 is 1.18 bits per heavy atom. The van der Waals surface area contributed by atoms with E-state index in [0.29, 0.717) is 42.1 Å². The van der Waals surface area contributed by atoms with Crippen LogP contribution < -0.4 is 10.6 Å². The fourth-order valence-electron chi connectivity index (χ4n) is 6.87. The second-order valence-electron chi connectivity index (χ2n) is 11.9. The van der Waals surface area contributed by atoms with Gasteiger partial charge in [0.2, 0.25) is 17.7 Å². The molecule has 3 fully saturated rings. The molecule has 39 heavy (non-hydrogen) atoms. The minimum Gasteiger partial charge on any atom is -0.379 e. The minimum absolute atomic E-state index is 0.0458. The third kappa shape index (κ3) is 5.23. The van der Waals surface area contributed by atoms with Crippen LogP contribution in [0.1, 0.15) is 53.4 Å². The molecule has 3 amide bonds. The number of anilines is 1. The van der Waals surface area contributed by atoms with Crippen molar-refractivity contribution in [2.75, 3.05) is 18.5 Å². The van der Waals surface area contributed by atoms with Crippen molar-refractivity contribution in [1.82, 2.24) is 10.2 Å². The van der Waals surface area contributed by atoms with Crippen LogP contribution in [0.25, 0.3) is 0 Å². The zero-order valence-electron chi connectivity index (χ0n) is 23.2. The van der Waals surface area contributed by atoms with Gasteiger partial charge in [0.15, 0.2) is 0 Å². The molecule has 9 heteroatoms. The highest BCUT2D eigenvalue weighted by molar-refractivity contribution is 6.30. The van der Waals surface area contributed by atoms with Gasteiger partial charge in [0.1, 0.15) is 11.6 Å². The SMILES string of the molecule is CC(C)OCCCN1C(=O)[C@H]2[C@H](C(=O)Nc3ccc(Cl)cc3)[C@H]3C=C[C@@]2(O3)[C@@H]1C(=O)N[C@@H]1CCC[C@H](C)[C@@H]1C. The molecule has 2 saturated heterocycles. The predicted molar refractivity (Wildman–Crippen MR) is 149 cm³/mol. The third-order valence-corrected chi connectivity index (χ3v) is 9.32. The van der Waals surface area contributed by atoms with Crippen molar-refractivity contribution < 1.29 is 23.9 Å². The molecule has 3 aliphatic heterocycles. The number of nitrogens with one attached hydrogen (secondary N) is 2. The molecular formula is C30H40ClN3O5. The van der Waals surface area contributed by atoms with Crippen LogP contribution in [-0.2, 0) is 23.9 Å². The average molecular weight is 558 g/mol. The zero-order chi connectivity index (χ0) is 27.9. The van der Waals surface area contributed by atoms with E-state index in [2.05, 4.69) is 24.5 Å². The summed E-state index contributed by atoms with van der Waals surface area (Å²) in [5.41, 5.74) is -0.580. The molecule has 1 spiro atoms. The monoisotopic (exact) mass is 557 g/mol. The number of nitrogens with zero attached hydrogens (tertiary/aromatic N) is 1. The maximum atomic E-state index is 14.0. The summed E-state index contributed by atoms with van der Waals surface area (Å²) in [4.78, 5) is 43.2. The van der Waals surface area contributed by atoms with Crippen molar-refractivity contribution in [3.63, 3.8) is 0 Å². The molecule has 8 atom stereocenters. The lowest BCUT2D eigenvalue weighted by Crippen LogP contribution is -2.58. The third-order valence-electron chi connectivity index (χ3n) is 9.07. The lowest BCUT2D eigenvalue weighted by Gasteiger charge is -2.38. The van der Waals surface area contributed by atoms with Gasteiger partial charge in [-0.2, -0.15) is 0 Å². The number of likely N-dealkylation sites (tertiary alicyclic amines) is 1. The summed E-state index contributed by atoms with van der Waals surface area (Å²) >= 11 is 6.00. The highest BCUT2D eigenvalue weighted by atomic mass is 35.5. The van der Waals surface area contributed by atoms with E-state index in [1.807, 2.05) is 26.0 Å². The lowest BCUT2D eigenvalue weighted by molar-refractivity contribution is -0.142. The molecule has 0 radical (unpaired) electrons. The van der Waals surface area contributed by atoms with Crippen LogP contribution >= 0.6 is 11.6 Å². The fourth-order valence-corrected chi connectivity index (χ4v) is 6.99. The van der Waals surface area contributed by atoms with E-state index in [0.717, 1.165) is 19.3 Å². The number of fused-ring (bicyclic) bond motifs is 1. The lowest BCUT2D eigenvalue weighted by atomic mass is 9.73. The summed E-state index contributed by atoms with van der Waals surface area (Å²) in [5.74, 6) is -1.37. The van der Waals surface area contributed by atoms with Crippen LogP contribution in [0.4, 0.5) is 5.69 Å². The largest absolute Gasteiger partial charge is 0.379 e. The number of benzene rings is 1. The topological polar surface area (TPSA) is 97.0 Å². The van der Waals surface area contributed by atoms with Gasteiger partial charge >= 0.3 is 0 Å². The van der Waals surface area contributed by atoms with Crippen molar-refractivity contribution in [2.45, 2.75) is 83.3 Å². The van der Waals surface area contributed by atoms with Crippen molar-refractivity contribution in [1.29, 1.82) is 0 Å². The van der Waals surface area contributed by atoms with Crippen LogP contribution in [0.5, 0.6) is 0 Å². The summed E-state index contributed by atoms with van der Waals surface area (Å²) < 4.78 is 12.2. The van der Waals surface area contributed by atoms with E-state index >= 15 is 0 Å². The Kier molecular flexibility index (Phi) is 8.09. The quantitative estimate of drug-likeness (QED) is 0.351. The number of carbonyl (C=O) groups excluding carboxylic acids is 3. The number of ether oxygens (including phenoxy) is 2. The van der Waals surface area contributed by atoms with E-state index < -0.39 is 29.6 Å². The van der Waals surface area contributed by atoms with Crippen LogP contribution in [0.3, 0.4) is 0 Å². The molecule has 8 nitrogen and oxygen atoms in total. The van der Waals surface area contributed by atoms with Gasteiger partial charge in [0.05, 0.1) is 24.0 Å². The van der Waals surface area contributed by atoms with E-state index in [1.54, 1.807) is 29.2 Å². The molecule has 1 saturated carbocycles. The molecule has 0 aromatic heterocycles. The van der Waals surface area contributed by atoms with Crippen LogP contribution in [0.15, 0.2) is 36.4 Å². The highest BCUT2D eigenvalue weighted by Gasteiger charge is 2.72.